The lowest BCUT2D eigenvalue weighted by Crippen LogP contribution is -2.24. The summed E-state index contributed by atoms with van der Waals surface area (Å²) in [6.45, 7) is 1.99. The van der Waals surface area contributed by atoms with Crippen LogP contribution in [-0.2, 0) is 32.7 Å². The summed E-state index contributed by atoms with van der Waals surface area (Å²) in [4.78, 5) is 12.4. The molecule has 0 atom stereocenters. The molecule has 0 bridgehead atoms. The molecule has 2 aromatic rings. The number of fused-ring (bicyclic) bond motifs is 2. The van der Waals surface area contributed by atoms with Gasteiger partial charge in [0.25, 0.3) is 0 Å². The molecule has 1 heterocycles. The van der Waals surface area contributed by atoms with E-state index in [1.54, 1.807) is 4.68 Å². The number of aryl methyl sites for hydroxylation is 4. The Morgan fingerprint density at radius 1 is 1.12 bits per heavy atom. The fourth-order valence-corrected chi connectivity index (χ4v) is 4.42. The first kappa shape index (κ1) is 15.6. The summed E-state index contributed by atoms with van der Waals surface area (Å²) in [6, 6.07) is 4.17. The Labute approximate surface area is 146 Å². The van der Waals surface area contributed by atoms with E-state index in [4.69, 9.17) is 0 Å². The van der Waals surface area contributed by atoms with E-state index in [-0.39, 0.29) is 6.03 Å². The second kappa shape index (κ2) is 6.16. The van der Waals surface area contributed by atoms with E-state index in [1.807, 2.05) is 20.0 Å². The van der Waals surface area contributed by atoms with Gasteiger partial charge in [-0.15, -0.1) is 0 Å². The van der Waals surface area contributed by atoms with Gasteiger partial charge in [-0.25, -0.2) is 4.79 Å². The molecule has 24 heavy (non-hydrogen) atoms. The minimum atomic E-state index is -0.169. The Morgan fingerprint density at radius 2 is 1.79 bits per heavy atom. The van der Waals surface area contributed by atoms with Crippen LogP contribution < -0.4 is 10.0 Å². The van der Waals surface area contributed by atoms with E-state index >= 15 is 0 Å². The maximum atomic E-state index is 12.4. The molecule has 0 fully saturated rings. The van der Waals surface area contributed by atoms with Crippen LogP contribution >= 0.6 is 11.9 Å². The lowest BCUT2D eigenvalue weighted by molar-refractivity contribution is 0.257. The van der Waals surface area contributed by atoms with Crippen LogP contribution in [0.15, 0.2) is 17.2 Å². The van der Waals surface area contributed by atoms with Crippen molar-refractivity contribution in [2.45, 2.75) is 50.5 Å². The van der Waals surface area contributed by atoms with Gasteiger partial charge in [0, 0.05) is 30.4 Å². The number of nitrogens with zero attached hydrogens (tertiary/aromatic N) is 2. The van der Waals surface area contributed by atoms with Crippen molar-refractivity contribution < 1.29 is 4.79 Å². The van der Waals surface area contributed by atoms with Crippen molar-refractivity contribution in [3.8, 4) is 0 Å². The van der Waals surface area contributed by atoms with Crippen molar-refractivity contribution in [1.29, 1.82) is 0 Å². The summed E-state index contributed by atoms with van der Waals surface area (Å²) >= 11 is 1.26. The summed E-state index contributed by atoms with van der Waals surface area (Å²) in [7, 11) is 1.90. The highest BCUT2D eigenvalue weighted by molar-refractivity contribution is 7.97. The Bertz CT molecular complexity index is 760. The number of rotatable bonds is 3. The Kier molecular flexibility index (Phi) is 4.00. The van der Waals surface area contributed by atoms with Gasteiger partial charge in [0.2, 0.25) is 0 Å². The van der Waals surface area contributed by atoms with Crippen molar-refractivity contribution in [1.82, 2.24) is 14.5 Å². The molecule has 4 rings (SSSR count). The number of hydrogen-bond donors (Lipinski definition) is 2. The molecular formula is C18H22N4OS. The number of amides is 2. The topological polar surface area (TPSA) is 59.0 Å². The highest BCUT2D eigenvalue weighted by Crippen LogP contribution is 2.38. The molecule has 0 saturated heterocycles. The highest BCUT2D eigenvalue weighted by atomic mass is 32.2. The molecule has 2 N–H and O–H groups in total. The Balaban J connectivity index is 1.50. The van der Waals surface area contributed by atoms with Gasteiger partial charge in [-0.05, 0) is 73.8 Å². The molecule has 0 aliphatic heterocycles. The normalized spacial score (nSPS) is 15.2. The van der Waals surface area contributed by atoms with Crippen LogP contribution in [0.3, 0.4) is 0 Å². The molecule has 0 spiro atoms. The predicted octanol–water partition coefficient (Wildman–Crippen LogP) is 3.53. The Hall–Kier alpha value is -1.95. The van der Waals surface area contributed by atoms with Crippen molar-refractivity contribution in [2.75, 3.05) is 5.32 Å². The molecule has 1 aromatic heterocycles. The molecule has 0 saturated carbocycles. The van der Waals surface area contributed by atoms with Gasteiger partial charge in [0.1, 0.15) is 5.03 Å². The van der Waals surface area contributed by atoms with E-state index in [1.165, 1.54) is 47.0 Å². The third-order valence-electron chi connectivity index (χ3n) is 5.05. The lowest BCUT2D eigenvalue weighted by atomic mass is 9.99. The number of carbonyl (C=O) groups excluding carboxylic acids is 1. The van der Waals surface area contributed by atoms with Crippen LogP contribution in [0.2, 0.25) is 0 Å². The monoisotopic (exact) mass is 342 g/mol. The average molecular weight is 342 g/mol. The van der Waals surface area contributed by atoms with Crippen LogP contribution in [0, 0.1) is 6.92 Å². The molecule has 2 amide bonds. The van der Waals surface area contributed by atoms with E-state index < -0.39 is 0 Å². The van der Waals surface area contributed by atoms with Gasteiger partial charge < -0.3 is 5.32 Å². The van der Waals surface area contributed by atoms with Crippen LogP contribution in [0.1, 0.15) is 40.8 Å². The fourth-order valence-electron chi connectivity index (χ4n) is 3.78. The van der Waals surface area contributed by atoms with E-state index in [0.717, 1.165) is 42.1 Å². The minimum Gasteiger partial charge on any atom is -0.307 e. The number of benzene rings is 1. The SMILES string of the molecule is Cc1cc(SNC(=O)Nc2c3c(cc4c2CCC4)CCC3)nn1C. The van der Waals surface area contributed by atoms with E-state index in [9.17, 15) is 4.79 Å². The molecular weight excluding hydrogens is 320 g/mol. The second-order valence-electron chi connectivity index (χ2n) is 6.64. The quantitative estimate of drug-likeness (QED) is 0.839. The van der Waals surface area contributed by atoms with Gasteiger partial charge in [-0.1, -0.05) is 6.07 Å². The zero-order valence-corrected chi connectivity index (χ0v) is 14.9. The van der Waals surface area contributed by atoms with Crippen molar-refractivity contribution in [3.05, 3.63) is 40.1 Å². The van der Waals surface area contributed by atoms with Crippen molar-refractivity contribution >= 4 is 23.7 Å². The van der Waals surface area contributed by atoms with Gasteiger partial charge in [-0.2, -0.15) is 5.10 Å². The molecule has 1 aromatic carbocycles. The van der Waals surface area contributed by atoms with Gasteiger partial charge in [0.05, 0.1) is 0 Å². The molecule has 2 aliphatic rings. The molecule has 126 valence electrons. The van der Waals surface area contributed by atoms with Gasteiger partial charge in [-0.3, -0.25) is 9.40 Å². The van der Waals surface area contributed by atoms with Crippen LogP contribution in [0.25, 0.3) is 0 Å². The van der Waals surface area contributed by atoms with Crippen molar-refractivity contribution in [3.63, 3.8) is 0 Å². The first-order valence-electron chi connectivity index (χ1n) is 8.53. The molecule has 0 unspecified atom stereocenters. The summed E-state index contributed by atoms with van der Waals surface area (Å²) in [5, 5.41) is 8.27. The smallest absolute Gasteiger partial charge is 0.307 e. The minimum absolute atomic E-state index is 0.169. The maximum absolute atomic E-state index is 12.4. The van der Waals surface area contributed by atoms with Gasteiger partial charge >= 0.3 is 6.03 Å². The maximum Gasteiger partial charge on any atom is 0.329 e. The molecule has 5 nitrogen and oxygen atoms in total. The molecule has 0 radical (unpaired) electrons. The van der Waals surface area contributed by atoms with Crippen LogP contribution in [0.5, 0.6) is 0 Å². The third kappa shape index (κ3) is 2.79. The Morgan fingerprint density at radius 3 is 2.38 bits per heavy atom. The average Bonchev–Trinajstić information content (AvgIpc) is 3.26. The largest absolute Gasteiger partial charge is 0.329 e. The van der Waals surface area contributed by atoms with Crippen LogP contribution in [-0.4, -0.2) is 15.8 Å². The molecule has 6 heteroatoms. The van der Waals surface area contributed by atoms with E-state index in [2.05, 4.69) is 21.2 Å². The first-order valence-corrected chi connectivity index (χ1v) is 9.34. The zero-order valence-electron chi connectivity index (χ0n) is 14.1. The number of urea groups is 1. The standard InChI is InChI=1S/C18H22N4OS/c1-11-9-16(20-22(11)2)24-21-18(23)19-17-14-7-3-5-12(14)10-13-6-4-8-15(13)17/h9-10H,3-8H2,1-2H3,(H2,19,21,23). The zero-order chi connectivity index (χ0) is 16.7. The summed E-state index contributed by atoms with van der Waals surface area (Å²) < 4.78 is 4.67. The van der Waals surface area contributed by atoms with Crippen molar-refractivity contribution in [2.24, 2.45) is 7.05 Å². The van der Waals surface area contributed by atoms with Crippen LogP contribution in [0.4, 0.5) is 10.5 Å². The van der Waals surface area contributed by atoms with Gasteiger partial charge in [0.15, 0.2) is 0 Å². The third-order valence-corrected chi connectivity index (χ3v) is 5.75. The fraction of sp³-hybridized carbons (Fsp3) is 0.444. The summed E-state index contributed by atoms with van der Waals surface area (Å²) in [5.74, 6) is 0. The summed E-state index contributed by atoms with van der Waals surface area (Å²) in [5.41, 5.74) is 7.71. The number of nitrogens with one attached hydrogen (secondary N) is 2. The lowest BCUT2D eigenvalue weighted by Gasteiger charge is -2.16. The highest BCUT2D eigenvalue weighted by Gasteiger charge is 2.24. The van der Waals surface area contributed by atoms with E-state index in [0.29, 0.717) is 0 Å². The summed E-state index contributed by atoms with van der Waals surface area (Å²) in [6.07, 6.45) is 6.81. The second-order valence-corrected chi connectivity index (χ2v) is 7.47. The number of anilines is 1. The number of carbonyl (C=O) groups is 1. The number of aromatic nitrogens is 2. The predicted molar refractivity (Wildman–Crippen MR) is 96.4 cm³/mol. The number of hydrogen-bond acceptors (Lipinski definition) is 3. The first-order chi connectivity index (χ1) is 11.6. The molecule has 2 aliphatic carbocycles.